The fourth-order valence-corrected chi connectivity index (χ4v) is 3.27. The Morgan fingerprint density at radius 3 is 2.65 bits per heavy atom. The Labute approximate surface area is 103 Å². The third kappa shape index (κ3) is 1.90. The summed E-state index contributed by atoms with van der Waals surface area (Å²) in [7, 11) is 0. The highest BCUT2D eigenvalue weighted by molar-refractivity contribution is 5.32. The zero-order valence-electron chi connectivity index (χ0n) is 10.6. The van der Waals surface area contributed by atoms with Crippen LogP contribution in [0.25, 0.3) is 0 Å². The van der Waals surface area contributed by atoms with Gasteiger partial charge in [0.25, 0.3) is 0 Å². The van der Waals surface area contributed by atoms with Gasteiger partial charge in [-0.3, -0.25) is 0 Å². The monoisotopic (exact) mass is 231 g/mol. The van der Waals surface area contributed by atoms with Crippen molar-refractivity contribution in [2.24, 2.45) is 11.7 Å². The quantitative estimate of drug-likeness (QED) is 0.849. The zero-order valence-corrected chi connectivity index (χ0v) is 10.6. The van der Waals surface area contributed by atoms with Gasteiger partial charge in [-0.25, -0.2) is 0 Å². The minimum Gasteiger partial charge on any atom is -0.375 e. The van der Waals surface area contributed by atoms with Crippen LogP contribution in [0.4, 0.5) is 0 Å². The van der Waals surface area contributed by atoms with Gasteiger partial charge in [-0.1, -0.05) is 18.2 Å². The van der Waals surface area contributed by atoms with Crippen LogP contribution in [0, 0.1) is 19.8 Å². The summed E-state index contributed by atoms with van der Waals surface area (Å²) in [5.74, 6) is 0.524. The van der Waals surface area contributed by atoms with Gasteiger partial charge in [0, 0.05) is 12.0 Å². The Morgan fingerprint density at radius 1 is 1.24 bits per heavy atom. The maximum atomic E-state index is 6.43. The van der Waals surface area contributed by atoms with Gasteiger partial charge in [0.1, 0.15) is 0 Å². The van der Waals surface area contributed by atoms with Crippen LogP contribution >= 0.6 is 0 Å². The van der Waals surface area contributed by atoms with E-state index in [-0.39, 0.29) is 6.04 Å². The molecule has 2 saturated heterocycles. The minimum absolute atomic E-state index is 0.143. The first-order valence-electron chi connectivity index (χ1n) is 6.63. The average molecular weight is 231 g/mol. The number of ether oxygens (including phenoxy) is 1. The summed E-state index contributed by atoms with van der Waals surface area (Å²) in [4.78, 5) is 0. The second-order valence-corrected chi connectivity index (χ2v) is 5.64. The molecule has 1 aromatic carbocycles. The summed E-state index contributed by atoms with van der Waals surface area (Å²) in [6, 6.07) is 6.74. The van der Waals surface area contributed by atoms with Crippen molar-refractivity contribution >= 4 is 0 Å². The lowest BCUT2D eigenvalue weighted by molar-refractivity contribution is 0.0885. The molecule has 0 radical (unpaired) electrons. The molecule has 2 N–H and O–H groups in total. The lowest BCUT2D eigenvalue weighted by Crippen LogP contribution is -2.29. The molecule has 0 saturated carbocycles. The van der Waals surface area contributed by atoms with Crippen molar-refractivity contribution in [1.29, 1.82) is 0 Å². The Kier molecular flexibility index (Phi) is 2.72. The fourth-order valence-electron chi connectivity index (χ4n) is 3.27. The standard InChI is InChI=1S/C15H21NO/c1-9-3-4-11(7-10(9)2)15(16)13-8-12-5-6-14(13)17-12/h3-4,7,12-15H,5-6,8,16H2,1-2H3. The van der Waals surface area contributed by atoms with Crippen molar-refractivity contribution in [3.05, 3.63) is 34.9 Å². The van der Waals surface area contributed by atoms with Gasteiger partial charge in [-0.2, -0.15) is 0 Å². The molecule has 2 nitrogen and oxygen atoms in total. The van der Waals surface area contributed by atoms with E-state index < -0.39 is 0 Å². The SMILES string of the molecule is Cc1ccc(C(N)C2CC3CCC2O3)cc1C. The van der Waals surface area contributed by atoms with Gasteiger partial charge >= 0.3 is 0 Å². The van der Waals surface area contributed by atoms with Crippen LogP contribution in [-0.4, -0.2) is 12.2 Å². The highest BCUT2D eigenvalue weighted by Crippen LogP contribution is 2.43. The number of rotatable bonds is 2. The largest absolute Gasteiger partial charge is 0.375 e. The second-order valence-electron chi connectivity index (χ2n) is 5.64. The van der Waals surface area contributed by atoms with Crippen LogP contribution in [0.1, 0.15) is 42.0 Å². The van der Waals surface area contributed by atoms with E-state index in [0.717, 1.165) is 6.42 Å². The lowest BCUT2D eigenvalue weighted by atomic mass is 9.81. The molecule has 2 fully saturated rings. The van der Waals surface area contributed by atoms with Crippen LogP contribution in [0.5, 0.6) is 0 Å². The molecule has 2 aliphatic rings. The molecule has 17 heavy (non-hydrogen) atoms. The maximum Gasteiger partial charge on any atom is 0.0627 e. The van der Waals surface area contributed by atoms with Crippen LogP contribution in [0.3, 0.4) is 0 Å². The molecule has 4 unspecified atom stereocenters. The minimum atomic E-state index is 0.143. The Balaban J connectivity index is 1.81. The fraction of sp³-hybridized carbons (Fsp3) is 0.600. The number of hydrogen-bond donors (Lipinski definition) is 1. The van der Waals surface area contributed by atoms with E-state index in [1.807, 2.05) is 0 Å². The van der Waals surface area contributed by atoms with E-state index in [4.69, 9.17) is 10.5 Å². The zero-order chi connectivity index (χ0) is 12.0. The van der Waals surface area contributed by atoms with E-state index in [0.29, 0.717) is 18.1 Å². The van der Waals surface area contributed by atoms with Crippen molar-refractivity contribution < 1.29 is 4.74 Å². The average Bonchev–Trinajstić information content (AvgIpc) is 2.93. The molecule has 2 heterocycles. The Bertz CT molecular complexity index is 429. The summed E-state index contributed by atoms with van der Waals surface area (Å²) < 4.78 is 5.90. The normalized spacial score (nSPS) is 33.0. The summed E-state index contributed by atoms with van der Waals surface area (Å²) in [6.07, 6.45) is 4.49. The third-order valence-corrected chi connectivity index (χ3v) is 4.53. The topological polar surface area (TPSA) is 35.2 Å². The molecule has 0 amide bonds. The van der Waals surface area contributed by atoms with Crippen LogP contribution in [-0.2, 0) is 4.74 Å². The first-order valence-corrected chi connectivity index (χ1v) is 6.63. The van der Waals surface area contributed by atoms with E-state index in [9.17, 15) is 0 Å². The summed E-state index contributed by atoms with van der Waals surface area (Å²) in [5, 5.41) is 0. The van der Waals surface area contributed by atoms with Crippen molar-refractivity contribution in [2.45, 2.75) is 51.4 Å². The molecule has 1 aromatic rings. The van der Waals surface area contributed by atoms with E-state index >= 15 is 0 Å². The van der Waals surface area contributed by atoms with Crippen LogP contribution < -0.4 is 5.73 Å². The molecule has 2 aliphatic heterocycles. The van der Waals surface area contributed by atoms with Gasteiger partial charge < -0.3 is 10.5 Å². The van der Waals surface area contributed by atoms with Gasteiger partial charge in [0.2, 0.25) is 0 Å². The number of aryl methyl sites for hydroxylation is 2. The van der Waals surface area contributed by atoms with Gasteiger partial charge in [-0.15, -0.1) is 0 Å². The van der Waals surface area contributed by atoms with Gasteiger partial charge in [0.05, 0.1) is 12.2 Å². The molecule has 0 aromatic heterocycles. The predicted molar refractivity (Wildman–Crippen MR) is 68.8 cm³/mol. The van der Waals surface area contributed by atoms with E-state index in [2.05, 4.69) is 32.0 Å². The highest BCUT2D eigenvalue weighted by Gasteiger charge is 2.43. The first-order chi connectivity index (χ1) is 8.15. The smallest absolute Gasteiger partial charge is 0.0627 e. The number of benzene rings is 1. The molecule has 3 rings (SSSR count). The third-order valence-electron chi connectivity index (χ3n) is 4.53. The van der Waals surface area contributed by atoms with Crippen molar-refractivity contribution in [2.75, 3.05) is 0 Å². The van der Waals surface area contributed by atoms with Crippen molar-refractivity contribution in [1.82, 2.24) is 0 Å². The Morgan fingerprint density at radius 2 is 2.06 bits per heavy atom. The van der Waals surface area contributed by atoms with Crippen molar-refractivity contribution in [3.63, 3.8) is 0 Å². The second kappa shape index (κ2) is 4.11. The van der Waals surface area contributed by atoms with E-state index in [1.165, 1.54) is 29.5 Å². The summed E-state index contributed by atoms with van der Waals surface area (Å²) in [6.45, 7) is 4.30. The molecular formula is C15H21NO. The number of fused-ring (bicyclic) bond motifs is 2. The molecule has 4 atom stereocenters. The first kappa shape index (κ1) is 11.2. The molecule has 2 heteroatoms. The number of hydrogen-bond acceptors (Lipinski definition) is 2. The summed E-state index contributed by atoms with van der Waals surface area (Å²) >= 11 is 0. The molecule has 92 valence electrons. The molecule has 2 bridgehead atoms. The van der Waals surface area contributed by atoms with Gasteiger partial charge in [-0.05, 0) is 49.8 Å². The van der Waals surface area contributed by atoms with Crippen LogP contribution in [0.15, 0.2) is 18.2 Å². The summed E-state index contributed by atoms with van der Waals surface area (Å²) in [5.41, 5.74) is 10.4. The highest BCUT2D eigenvalue weighted by atomic mass is 16.5. The molecular weight excluding hydrogens is 210 g/mol. The van der Waals surface area contributed by atoms with Crippen LogP contribution in [0.2, 0.25) is 0 Å². The van der Waals surface area contributed by atoms with Crippen molar-refractivity contribution in [3.8, 4) is 0 Å². The maximum absolute atomic E-state index is 6.43. The molecule has 0 spiro atoms. The Hall–Kier alpha value is -0.860. The van der Waals surface area contributed by atoms with E-state index in [1.54, 1.807) is 0 Å². The predicted octanol–water partition coefficient (Wildman–Crippen LogP) is 2.87. The molecule has 0 aliphatic carbocycles. The van der Waals surface area contributed by atoms with Gasteiger partial charge in [0.15, 0.2) is 0 Å². The number of nitrogens with two attached hydrogens (primary N) is 1. The lowest BCUT2D eigenvalue weighted by Gasteiger charge is -2.26.